The van der Waals surface area contributed by atoms with Crippen molar-refractivity contribution >= 4 is 22.7 Å². The Bertz CT molecular complexity index is 441. The van der Waals surface area contributed by atoms with E-state index in [4.69, 9.17) is 16.8 Å². The van der Waals surface area contributed by atoms with Crippen LogP contribution >= 0.6 is 11.6 Å². The van der Waals surface area contributed by atoms with E-state index < -0.39 is 0 Å². The molecule has 0 unspecified atom stereocenters. The number of carbonyl (C=O) groups excluding carboxylic acids is 1. The van der Waals surface area contributed by atoms with E-state index in [1.807, 2.05) is 0 Å². The van der Waals surface area contributed by atoms with Crippen LogP contribution in [0.4, 0.5) is 0 Å². The molecule has 0 aliphatic heterocycles. The van der Waals surface area contributed by atoms with Gasteiger partial charge in [0.15, 0.2) is 5.17 Å². The molecule has 1 aromatic carbocycles. The van der Waals surface area contributed by atoms with Gasteiger partial charge in [-0.15, -0.1) is 0 Å². The lowest BCUT2D eigenvalue weighted by atomic mass is 10.1. The summed E-state index contributed by atoms with van der Waals surface area (Å²) < 4.78 is 0. The van der Waals surface area contributed by atoms with Crippen molar-refractivity contribution in [2.75, 3.05) is 0 Å². The summed E-state index contributed by atoms with van der Waals surface area (Å²) in [6, 6.07) is 7.05. The molecule has 84 valence electrons. The number of amides is 1. The summed E-state index contributed by atoms with van der Waals surface area (Å²) in [6.45, 7) is 0. The summed E-state index contributed by atoms with van der Waals surface area (Å²) in [5.41, 5.74) is 0.863. The van der Waals surface area contributed by atoms with Crippen molar-refractivity contribution < 1.29 is 10.0 Å². The molecule has 1 aromatic rings. The van der Waals surface area contributed by atoms with Crippen molar-refractivity contribution in [1.82, 2.24) is 5.32 Å². The molecule has 0 saturated heterocycles. The Labute approximate surface area is 97.9 Å². The van der Waals surface area contributed by atoms with Crippen LogP contribution in [0.1, 0.15) is 28.8 Å². The Morgan fingerprint density at radius 1 is 1.38 bits per heavy atom. The third-order valence-electron chi connectivity index (χ3n) is 2.39. The summed E-state index contributed by atoms with van der Waals surface area (Å²) in [5.74, 6) is -0.181. The number of hydrogen-bond acceptors (Lipinski definition) is 3. The van der Waals surface area contributed by atoms with Crippen LogP contribution in [0.5, 0.6) is 0 Å². The van der Waals surface area contributed by atoms with Crippen molar-refractivity contribution in [3.05, 3.63) is 35.4 Å². The van der Waals surface area contributed by atoms with E-state index in [0.717, 1.165) is 12.8 Å². The summed E-state index contributed by atoms with van der Waals surface area (Å²) in [4.78, 5) is 11.8. The molecular weight excluding hydrogens is 228 g/mol. The molecule has 4 nitrogen and oxygen atoms in total. The van der Waals surface area contributed by atoms with Crippen LogP contribution in [-0.4, -0.2) is 22.3 Å². The molecule has 0 radical (unpaired) electrons. The normalized spacial score (nSPS) is 15.9. The van der Waals surface area contributed by atoms with E-state index in [2.05, 4.69) is 10.5 Å². The third-order valence-corrected chi connectivity index (χ3v) is 2.67. The first kappa shape index (κ1) is 11.0. The number of carbonyl (C=O) groups is 1. The molecule has 1 amide bonds. The smallest absolute Gasteiger partial charge is 0.252 e. The van der Waals surface area contributed by atoms with E-state index in [1.54, 1.807) is 24.3 Å². The van der Waals surface area contributed by atoms with E-state index in [1.165, 1.54) is 0 Å². The average Bonchev–Trinajstić information content (AvgIpc) is 3.12. The highest BCUT2D eigenvalue weighted by molar-refractivity contribution is 6.69. The SMILES string of the molecule is O=C(NC1CC1)c1ccccc1C(Cl)=NO. The van der Waals surface area contributed by atoms with Crippen LogP contribution < -0.4 is 5.32 Å². The lowest BCUT2D eigenvalue weighted by molar-refractivity contribution is 0.0951. The molecule has 5 heteroatoms. The zero-order chi connectivity index (χ0) is 11.5. The first-order valence-electron chi connectivity index (χ1n) is 5.00. The molecule has 0 atom stereocenters. The van der Waals surface area contributed by atoms with Crippen molar-refractivity contribution in [1.29, 1.82) is 0 Å². The minimum Gasteiger partial charge on any atom is -0.410 e. The maximum absolute atomic E-state index is 11.8. The quantitative estimate of drug-likeness (QED) is 0.480. The van der Waals surface area contributed by atoms with Gasteiger partial charge in [0.25, 0.3) is 5.91 Å². The summed E-state index contributed by atoms with van der Waals surface area (Å²) >= 11 is 5.71. The molecule has 0 heterocycles. The molecule has 16 heavy (non-hydrogen) atoms. The minimum absolute atomic E-state index is 0.0819. The highest BCUT2D eigenvalue weighted by Gasteiger charge is 2.25. The largest absolute Gasteiger partial charge is 0.410 e. The van der Waals surface area contributed by atoms with Crippen molar-refractivity contribution in [3.8, 4) is 0 Å². The van der Waals surface area contributed by atoms with Gasteiger partial charge in [-0.25, -0.2) is 0 Å². The molecule has 1 aliphatic rings. The first-order valence-corrected chi connectivity index (χ1v) is 5.38. The van der Waals surface area contributed by atoms with Crippen LogP contribution in [0.25, 0.3) is 0 Å². The highest BCUT2D eigenvalue weighted by Crippen LogP contribution is 2.20. The van der Waals surface area contributed by atoms with E-state index in [0.29, 0.717) is 11.1 Å². The van der Waals surface area contributed by atoms with Gasteiger partial charge >= 0.3 is 0 Å². The topological polar surface area (TPSA) is 61.7 Å². The monoisotopic (exact) mass is 238 g/mol. The number of halogens is 1. The van der Waals surface area contributed by atoms with Crippen LogP contribution in [0, 0.1) is 0 Å². The van der Waals surface area contributed by atoms with Crippen LogP contribution in [0.2, 0.25) is 0 Å². The fourth-order valence-corrected chi connectivity index (χ4v) is 1.57. The lowest BCUT2D eigenvalue weighted by Gasteiger charge is -2.07. The van der Waals surface area contributed by atoms with Gasteiger partial charge in [0.05, 0.1) is 0 Å². The van der Waals surface area contributed by atoms with Gasteiger partial charge in [0, 0.05) is 17.2 Å². The average molecular weight is 239 g/mol. The van der Waals surface area contributed by atoms with Gasteiger partial charge in [-0.05, 0) is 18.9 Å². The predicted octanol–water partition coefficient (Wildman–Crippen LogP) is 1.95. The van der Waals surface area contributed by atoms with E-state index in [9.17, 15) is 4.79 Å². The first-order chi connectivity index (χ1) is 7.72. The number of nitrogens with zero attached hydrogens (tertiary/aromatic N) is 1. The molecule has 2 rings (SSSR count). The number of nitrogens with one attached hydrogen (secondary N) is 1. The molecular formula is C11H11ClN2O2. The standard InChI is InChI=1S/C11H11ClN2O2/c12-10(14-16)8-3-1-2-4-9(8)11(15)13-7-5-6-7/h1-4,7,16H,5-6H2,(H,13,15). The minimum atomic E-state index is -0.181. The van der Waals surface area contributed by atoms with Crippen LogP contribution in [0.3, 0.4) is 0 Å². The zero-order valence-corrected chi connectivity index (χ0v) is 9.24. The number of oxime groups is 1. The Morgan fingerprint density at radius 2 is 2.00 bits per heavy atom. The van der Waals surface area contributed by atoms with Crippen molar-refractivity contribution in [2.24, 2.45) is 5.16 Å². The number of rotatable bonds is 3. The number of benzene rings is 1. The Morgan fingerprint density at radius 3 is 2.56 bits per heavy atom. The lowest BCUT2D eigenvalue weighted by Crippen LogP contribution is -2.26. The van der Waals surface area contributed by atoms with Crippen molar-refractivity contribution in [2.45, 2.75) is 18.9 Å². The Hall–Kier alpha value is -1.55. The Kier molecular flexibility index (Phi) is 3.10. The van der Waals surface area contributed by atoms with E-state index >= 15 is 0 Å². The van der Waals surface area contributed by atoms with E-state index in [-0.39, 0.29) is 17.1 Å². The summed E-state index contributed by atoms with van der Waals surface area (Å²) in [6.07, 6.45) is 2.05. The fourth-order valence-electron chi connectivity index (χ4n) is 1.41. The van der Waals surface area contributed by atoms with Crippen LogP contribution in [0.15, 0.2) is 29.4 Å². The van der Waals surface area contributed by atoms with Crippen molar-refractivity contribution in [3.63, 3.8) is 0 Å². The zero-order valence-electron chi connectivity index (χ0n) is 8.48. The van der Waals surface area contributed by atoms with Gasteiger partial charge in [-0.2, -0.15) is 0 Å². The molecule has 2 N–H and O–H groups in total. The molecule has 1 saturated carbocycles. The van der Waals surface area contributed by atoms with Crippen LogP contribution in [-0.2, 0) is 0 Å². The van der Waals surface area contributed by atoms with Gasteiger partial charge in [0.2, 0.25) is 0 Å². The summed E-state index contributed by atoms with van der Waals surface area (Å²) in [5, 5.41) is 14.3. The molecule has 1 fully saturated rings. The Balaban J connectivity index is 2.27. The van der Waals surface area contributed by atoms with Gasteiger partial charge in [-0.3, -0.25) is 4.79 Å². The maximum atomic E-state index is 11.8. The second kappa shape index (κ2) is 4.53. The number of hydrogen-bond donors (Lipinski definition) is 2. The van der Waals surface area contributed by atoms with Gasteiger partial charge in [0.1, 0.15) is 0 Å². The second-order valence-electron chi connectivity index (χ2n) is 3.68. The fraction of sp³-hybridized carbons (Fsp3) is 0.273. The summed E-state index contributed by atoms with van der Waals surface area (Å²) in [7, 11) is 0. The molecule has 1 aliphatic carbocycles. The van der Waals surface area contributed by atoms with Gasteiger partial charge < -0.3 is 10.5 Å². The third kappa shape index (κ3) is 2.33. The molecule has 0 aromatic heterocycles. The second-order valence-corrected chi connectivity index (χ2v) is 4.04. The highest BCUT2D eigenvalue weighted by atomic mass is 35.5. The molecule has 0 bridgehead atoms. The van der Waals surface area contributed by atoms with Gasteiger partial charge in [-0.1, -0.05) is 35.0 Å². The maximum Gasteiger partial charge on any atom is 0.252 e. The predicted molar refractivity (Wildman–Crippen MR) is 61.1 cm³/mol. The molecule has 0 spiro atoms.